The zero-order valence-electron chi connectivity index (χ0n) is 14.0. The first-order valence-corrected chi connectivity index (χ1v) is 8.26. The van der Waals surface area contributed by atoms with Gasteiger partial charge >= 0.3 is 0 Å². The minimum absolute atomic E-state index is 0.0304. The Morgan fingerprint density at radius 3 is 2.96 bits per heavy atom. The number of anilines is 2. The highest BCUT2D eigenvalue weighted by molar-refractivity contribution is 5.99. The second kappa shape index (κ2) is 6.97. The highest BCUT2D eigenvalue weighted by Crippen LogP contribution is 2.28. The molecule has 3 rings (SSSR count). The molecule has 1 aliphatic heterocycles. The molecule has 0 fully saturated rings. The molecule has 0 bridgehead atoms. The van der Waals surface area contributed by atoms with Gasteiger partial charge in [0.25, 0.3) is 0 Å². The fourth-order valence-electron chi connectivity index (χ4n) is 2.90. The number of aromatic nitrogens is 2. The Balaban J connectivity index is 1.72. The zero-order valence-corrected chi connectivity index (χ0v) is 14.0. The lowest BCUT2D eigenvalue weighted by Crippen LogP contribution is -2.30. The molecule has 0 saturated carbocycles. The van der Waals surface area contributed by atoms with Gasteiger partial charge in [0.05, 0.1) is 24.5 Å². The predicted octanol–water partition coefficient (Wildman–Crippen LogP) is 2.42. The summed E-state index contributed by atoms with van der Waals surface area (Å²) in [5, 5.41) is 6.09. The number of hydrogen-bond acceptors (Lipinski definition) is 5. The van der Waals surface area contributed by atoms with Crippen LogP contribution >= 0.6 is 0 Å². The Kier molecular flexibility index (Phi) is 4.76. The lowest BCUT2D eigenvalue weighted by molar-refractivity contribution is -0.115. The van der Waals surface area contributed by atoms with E-state index >= 15 is 0 Å². The van der Waals surface area contributed by atoms with E-state index in [-0.39, 0.29) is 11.9 Å². The smallest absolute Gasteiger partial charge is 0.228 e. The van der Waals surface area contributed by atoms with Gasteiger partial charge in [-0.05, 0) is 30.0 Å². The van der Waals surface area contributed by atoms with Crippen molar-refractivity contribution in [1.29, 1.82) is 0 Å². The monoisotopic (exact) mass is 325 g/mol. The van der Waals surface area contributed by atoms with Gasteiger partial charge in [0, 0.05) is 23.8 Å². The first-order valence-electron chi connectivity index (χ1n) is 8.26. The Morgan fingerprint density at radius 1 is 1.33 bits per heavy atom. The molecule has 1 atom stereocenters. The van der Waals surface area contributed by atoms with Crippen molar-refractivity contribution in [2.75, 3.05) is 17.2 Å². The Morgan fingerprint density at radius 2 is 2.17 bits per heavy atom. The first kappa shape index (κ1) is 16.4. The van der Waals surface area contributed by atoms with Crippen LogP contribution in [0.15, 0.2) is 30.6 Å². The van der Waals surface area contributed by atoms with Crippen LogP contribution in [0.2, 0.25) is 0 Å². The fraction of sp³-hybridized carbons (Fsp3) is 0.389. The number of carbonyl (C=O) groups is 1. The summed E-state index contributed by atoms with van der Waals surface area (Å²) in [7, 11) is 0. The summed E-state index contributed by atoms with van der Waals surface area (Å²) < 4.78 is 0. The number of nitrogens with two attached hydrogens (primary N) is 1. The summed E-state index contributed by atoms with van der Waals surface area (Å²) in [5.74, 6) is 1.31. The molecule has 0 unspecified atom stereocenters. The Bertz CT molecular complexity index is 744. The second-order valence-electron chi connectivity index (χ2n) is 6.66. The minimum atomic E-state index is 0.0304. The van der Waals surface area contributed by atoms with Gasteiger partial charge in [-0.25, -0.2) is 4.98 Å². The van der Waals surface area contributed by atoms with E-state index in [0.29, 0.717) is 24.7 Å². The van der Waals surface area contributed by atoms with Gasteiger partial charge in [0.15, 0.2) is 0 Å². The minimum Gasteiger partial charge on any atom is -0.367 e. The molecule has 2 aromatic rings. The molecule has 1 amide bonds. The van der Waals surface area contributed by atoms with Gasteiger partial charge in [-0.1, -0.05) is 19.9 Å². The Hall–Kier alpha value is -2.47. The van der Waals surface area contributed by atoms with Gasteiger partial charge < -0.3 is 16.4 Å². The summed E-state index contributed by atoms with van der Waals surface area (Å²) in [4.78, 5) is 20.3. The normalized spacial score (nSPS) is 14.4. The molecule has 6 heteroatoms. The van der Waals surface area contributed by atoms with Gasteiger partial charge in [0.1, 0.15) is 5.82 Å². The van der Waals surface area contributed by atoms with E-state index in [2.05, 4.69) is 34.4 Å². The molecule has 0 aliphatic carbocycles. The van der Waals surface area contributed by atoms with Gasteiger partial charge in [-0.3, -0.25) is 9.78 Å². The van der Waals surface area contributed by atoms with Crippen LogP contribution in [0.5, 0.6) is 0 Å². The summed E-state index contributed by atoms with van der Waals surface area (Å²) in [6.45, 7) is 4.99. The predicted molar refractivity (Wildman–Crippen MR) is 95.7 cm³/mol. The lowest BCUT2D eigenvalue weighted by atomic mass is 10.0. The number of amides is 1. The molecule has 126 valence electrons. The van der Waals surface area contributed by atoms with Crippen molar-refractivity contribution in [3.05, 3.63) is 36.2 Å². The number of nitrogens with one attached hydrogen (secondary N) is 2. The number of nitrogens with zero attached hydrogens (tertiary/aromatic N) is 2. The van der Waals surface area contributed by atoms with E-state index in [1.54, 1.807) is 12.4 Å². The maximum absolute atomic E-state index is 11.5. The van der Waals surface area contributed by atoms with E-state index in [9.17, 15) is 4.79 Å². The van der Waals surface area contributed by atoms with Crippen molar-refractivity contribution in [3.63, 3.8) is 0 Å². The van der Waals surface area contributed by atoms with Gasteiger partial charge in [-0.2, -0.15) is 0 Å². The van der Waals surface area contributed by atoms with Crippen molar-refractivity contribution < 1.29 is 4.79 Å². The number of carbonyl (C=O) groups excluding carboxylic acids is 1. The van der Waals surface area contributed by atoms with E-state index in [4.69, 9.17) is 5.73 Å². The van der Waals surface area contributed by atoms with Crippen LogP contribution in [0.3, 0.4) is 0 Å². The SMILES string of the molecule is CC(C)C[C@@H](N)CNc1cncc(-c2ccc3c(c2)CC(=O)N3)n1. The number of hydrogen-bond donors (Lipinski definition) is 3. The van der Waals surface area contributed by atoms with Crippen LogP contribution in [0, 0.1) is 5.92 Å². The van der Waals surface area contributed by atoms with E-state index in [1.807, 2.05) is 18.2 Å². The quantitative estimate of drug-likeness (QED) is 0.758. The largest absolute Gasteiger partial charge is 0.367 e. The van der Waals surface area contributed by atoms with Crippen LogP contribution in [0.25, 0.3) is 11.3 Å². The first-order chi connectivity index (χ1) is 11.5. The van der Waals surface area contributed by atoms with Crippen molar-refractivity contribution in [3.8, 4) is 11.3 Å². The molecule has 0 saturated heterocycles. The van der Waals surface area contributed by atoms with Crippen molar-refractivity contribution in [1.82, 2.24) is 9.97 Å². The van der Waals surface area contributed by atoms with Crippen LogP contribution < -0.4 is 16.4 Å². The number of rotatable bonds is 6. The third-order valence-electron chi connectivity index (χ3n) is 3.98. The molecule has 6 nitrogen and oxygen atoms in total. The third-order valence-corrected chi connectivity index (χ3v) is 3.98. The average Bonchev–Trinajstić information content (AvgIpc) is 2.91. The molecule has 24 heavy (non-hydrogen) atoms. The maximum Gasteiger partial charge on any atom is 0.228 e. The maximum atomic E-state index is 11.5. The second-order valence-corrected chi connectivity index (χ2v) is 6.66. The van der Waals surface area contributed by atoms with Crippen molar-refractivity contribution in [2.24, 2.45) is 11.7 Å². The summed E-state index contributed by atoms with van der Waals surface area (Å²) in [6.07, 6.45) is 4.81. The van der Waals surface area contributed by atoms with Gasteiger partial charge in [0.2, 0.25) is 5.91 Å². The topological polar surface area (TPSA) is 92.9 Å². The molecular weight excluding hydrogens is 302 g/mol. The summed E-state index contributed by atoms with van der Waals surface area (Å²) >= 11 is 0. The molecular formula is C18H23N5O. The van der Waals surface area contributed by atoms with E-state index in [1.165, 1.54) is 0 Å². The van der Waals surface area contributed by atoms with Crippen LogP contribution in [-0.4, -0.2) is 28.5 Å². The van der Waals surface area contributed by atoms with Crippen LogP contribution in [0.1, 0.15) is 25.8 Å². The molecule has 2 heterocycles. The lowest BCUT2D eigenvalue weighted by Gasteiger charge is -2.15. The fourth-order valence-corrected chi connectivity index (χ4v) is 2.90. The van der Waals surface area contributed by atoms with Gasteiger partial charge in [-0.15, -0.1) is 0 Å². The Labute approximate surface area is 141 Å². The third kappa shape index (κ3) is 3.89. The number of fused-ring (bicyclic) bond motifs is 1. The zero-order chi connectivity index (χ0) is 17.1. The van der Waals surface area contributed by atoms with Crippen LogP contribution in [-0.2, 0) is 11.2 Å². The molecule has 1 aromatic carbocycles. The van der Waals surface area contributed by atoms with E-state index < -0.39 is 0 Å². The molecule has 0 spiro atoms. The average molecular weight is 325 g/mol. The number of benzene rings is 1. The summed E-state index contributed by atoms with van der Waals surface area (Å²) in [5.41, 5.74) is 9.70. The summed E-state index contributed by atoms with van der Waals surface area (Å²) in [6, 6.07) is 5.94. The van der Waals surface area contributed by atoms with Crippen molar-refractivity contribution >= 4 is 17.4 Å². The molecule has 0 radical (unpaired) electrons. The van der Waals surface area contributed by atoms with Crippen LogP contribution in [0.4, 0.5) is 11.5 Å². The highest BCUT2D eigenvalue weighted by atomic mass is 16.1. The molecule has 1 aliphatic rings. The molecule has 4 N–H and O–H groups in total. The molecule has 1 aromatic heterocycles. The highest BCUT2D eigenvalue weighted by Gasteiger charge is 2.18. The standard InChI is InChI=1S/C18H23N5O/c1-11(2)5-14(19)8-21-17-10-20-9-16(22-17)12-3-4-15-13(6-12)7-18(24)23-15/h3-4,6,9-11,14H,5,7-8,19H2,1-2H3,(H,21,22)(H,23,24)/t14-/m1/s1. The van der Waals surface area contributed by atoms with Crippen molar-refractivity contribution in [2.45, 2.75) is 32.7 Å². The van der Waals surface area contributed by atoms with E-state index in [0.717, 1.165) is 28.9 Å².